The van der Waals surface area contributed by atoms with Gasteiger partial charge in [-0.25, -0.2) is 0 Å². The summed E-state index contributed by atoms with van der Waals surface area (Å²) >= 11 is 1.62. The second-order valence-electron chi connectivity index (χ2n) is 6.37. The molecule has 0 aliphatic rings. The second kappa shape index (κ2) is 9.94. The SMILES string of the molecule is Cc1ccsc1C(NCCc1cccnc1)C(=O)NCCc1cccnc1. The van der Waals surface area contributed by atoms with E-state index in [0.717, 1.165) is 34.4 Å². The number of nitrogens with one attached hydrogen (secondary N) is 2. The van der Waals surface area contributed by atoms with Gasteiger partial charge in [0.2, 0.25) is 5.91 Å². The van der Waals surface area contributed by atoms with E-state index in [1.54, 1.807) is 23.7 Å². The van der Waals surface area contributed by atoms with Crippen molar-refractivity contribution in [2.24, 2.45) is 0 Å². The van der Waals surface area contributed by atoms with Crippen molar-refractivity contribution in [3.63, 3.8) is 0 Å². The highest BCUT2D eigenvalue weighted by atomic mass is 32.1. The van der Waals surface area contributed by atoms with Crippen LogP contribution in [-0.4, -0.2) is 29.0 Å². The first kappa shape index (κ1) is 19.2. The number of carbonyl (C=O) groups excluding carboxylic acids is 1. The van der Waals surface area contributed by atoms with Crippen LogP contribution in [0.1, 0.15) is 27.6 Å². The molecule has 0 fully saturated rings. The summed E-state index contributed by atoms with van der Waals surface area (Å²) in [5, 5.41) is 8.51. The molecule has 3 aromatic heterocycles. The second-order valence-corrected chi connectivity index (χ2v) is 7.32. The van der Waals surface area contributed by atoms with Crippen molar-refractivity contribution < 1.29 is 4.79 Å². The molecule has 1 atom stereocenters. The van der Waals surface area contributed by atoms with E-state index in [1.807, 2.05) is 49.0 Å². The molecule has 0 aromatic carbocycles. The molecule has 0 spiro atoms. The van der Waals surface area contributed by atoms with Gasteiger partial charge in [0, 0.05) is 42.8 Å². The van der Waals surface area contributed by atoms with Gasteiger partial charge in [-0.1, -0.05) is 12.1 Å². The van der Waals surface area contributed by atoms with Crippen molar-refractivity contribution in [2.75, 3.05) is 13.1 Å². The van der Waals surface area contributed by atoms with Gasteiger partial charge < -0.3 is 10.6 Å². The summed E-state index contributed by atoms with van der Waals surface area (Å²) < 4.78 is 0. The van der Waals surface area contributed by atoms with Crippen molar-refractivity contribution in [1.82, 2.24) is 20.6 Å². The molecule has 0 saturated carbocycles. The molecule has 27 heavy (non-hydrogen) atoms. The van der Waals surface area contributed by atoms with E-state index in [1.165, 1.54) is 0 Å². The maximum atomic E-state index is 12.8. The van der Waals surface area contributed by atoms with Gasteiger partial charge in [-0.05, 0) is 60.0 Å². The van der Waals surface area contributed by atoms with Gasteiger partial charge in [0.25, 0.3) is 0 Å². The molecule has 5 nitrogen and oxygen atoms in total. The first-order valence-corrected chi connectivity index (χ1v) is 9.95. The standard InChI is InChI=1S/C21H24N4OS/c1-16-8-13-27-20(16)19(24-11-6-17-4-2-9-22-14-17)21(26)25-12-7-18-5-3-10-23-15-18/h2-5,8-10,13-15,19,24H,6-7,11-12H2,1H3,(H,25,26). The number of carbonyl (C=O) groups is 1. The average molecular weight is 381 g/mol. The number of pyridine rings is 2. The quantitative estimate of drug-likeness (QED) is 0.599. The normalized spacial score (nSPS) is 11.9. The third-order valence-electron chi connectivity index (χ3n) is 4.35. The molecule has 3 rings (SSSR count). The number of amides is 1. The molecule has 140 valence electrons. The van der Waals surface area contributed by atoms with E-state index in [4.69, 9.17) is 0 Å². The topological polar surface area (TPSA) is 66.9 Å². The first-order chi connectivity index (χ1) is 13.2. The van der Waals surface area contributed by atoms with E-state index in [-0.39, 0.29) is 11.9 Å². The molecule has 0 bridgehead atoms. The highest BCUT2D eigenvalue weighted by molar-refractivity contribution is 7.10. The predicted octanol–water partition coefficient (Wildman–Crippen LogP) is 3.08. The summed E-state index contributed by atoms with van der Waals surface area (Å²) in [5.41, 5.74) is 3.41. The Morgan fingerprint density at radius 3 is 2.26 bits per heavy atom. The Hall–Kier alpha value is -2.57. The molecular formula is C21H24N4OS. The summed E-state index contributed by atoms with van der Waals surface area (Å²) in [6.45, 7) is 3.35. The van der Waals surface area contributed by atoms with Crippen LogP contribution in [0, 0.1) is 6.92 Å². The van der Waals surface area contributed by atoms with Gasteiger partial charge in [-0.15, -0.1) is 11.3 Å². The minimum atomic E-state index is -0.337. The minimum absolute atomic E-state index is 0.00984. The summed E-state index contributed by atoms with van der Waals surface area (Å²) in [6.07, 6.45) is 8.82. The predicted molar refractivity (Wildman–Crippen MR) is 109 cm³/mol. The van der Waals surface area contributed by atoms with Crippen molar-refractivity contribution >= 4 is 17.2 Å². The Labute approximate surface area is 163 Å². The van der Waals surface area contributed by atoms with Gasteiger partial charge in [0.1, 0.15) is 6.04 Å². The van der Waals surface area contributed by atoms with E-state index < -0.39 is 0 Å². The molecule has 2 N–H and O–H groups in total. The zero-order valence-electron chi connectivity index (χ0n) is 15.4. The molecule has 0 aliphatic heterocycles. The molecule has 1 amide bonds. The summed E-state index contributed by atoms with van der Waals surface area (Å²) in [4.78, 5) is 22.2. The zero-order valence-corrected chi connectivity index (χ0v) is 16.2. The van der Waals surface area contributed by atoms with Crippen LogP contribution < -0.4 is 10.6 Å². The lowest BCUT2D eigenvalue weighted by Gasteiger charge is -2.18. The number of hydrogen-bond donors (Lipinski definition) is 2. The third-order valence-corrected chi connectivity index (χ3v) is 5.43. The van der Waals surface area contributed by atoms with Gasteiger partial charge in [0.15, 0.2) is 0 Å². The molecular weight excluding hydrogens is 356 g/mol. The summed E-state index contributed by atoms with van der Waals surface area (Å²) in [6, 6.07) is 9.63. The number of rotatable bonds is 9. The average Bonchev–Trinajstić information content (AvgIpc) is 3.12. The van der Waals surface area contributed by atoms with Crippen LogP contribution in [0.25, 0.3) is 0 Å². The van der Waals surface area contributed by atoms with Crippen molar-refractivity contribution in [3.05, 3.63) is 82.1 Å². The Bertz CT molecular complexity index is 836. The largest absolute Gasteiger partial charge is 0.354 e. The maximum Gasteiger partial charge on any atom is 0.242 e. The van der Waals surface area contributed by atoms with E-state index in [9.17, 15) is 4.79 Å². The van der Waals surface area contributed by atoms with Gasteiger partial charge in [-0.2, -0.15) is 0 Å². The van der Waals surface area contributed by atoms with E-state index in [2.05, 4.69) is 26.7 Å². The molecule has 1 unspecified atom stereocenters. The van der Waals surface area contributed by atoms with Crippen LogP contribution >= 0.6 is 11.3 Å². The Morgan fingerprint density at radius 1 is 1.04 bits per heavy atom. The molecule has 6 heteroatoms. The van der Waals surface area contributed by atoms with Crippen molar-refractivity contribution in [1.29, 1.82) is 0 Å². The summed E-state index contributed by atoms with van der Waals surface area (Å²) in [5.74, 6) is 0.00984. The van der Waals surface area contributed by atoms with E-state index >= 15 is 0 Å². The zero-order chi connectivity index (χ0) is 18.9. The summed E-state index contributed by atoms with van der Waals surface area (Å²) in [7, 11) is 0. The lowest BCUT2D eigenvalue weighted by Crippen LogP contribution is -2.39. The van der Waals surface area contributed by atoms with Gasteiger partial charge in [0.05, 0.1) is 0 Å². The Morgan fingerprint density at radius 2 is 1.70 bits per heavy atom. The fourth-order valence-corrected chi connectivity index (χ4v) is 3.87. The fourth-order valence-electron chi connectivity index (χ4n) is 2.87. The smallest absolute Gasteiger partial charge is 0.242 e. The van der Waals surface area contributed by atoms with Crippen LogP contribution in [0.4, 0.5) is 0 Å². The van der Waals surface area contributed by atoms with Gasteiger partial charge in [-0.3, -0.25) is 14.8 Å². The Balaban J connectivity index is 1.57. The lowest BCUT2D eigenvalue weighted by atomic mass is 10.1. The fraction of sp³-hybridized carbons (Fsp3) is 0.286. The monoisotopic (exact) mass is 380 g/mol. The highest BCUT2D eigenvalue weighted by Crippen LogP contribution is 2.24. The van der Waals surface area contributed by atoms with E-state index in [0.29, 0.717) is 13.1 Å². The number of nitrogens with zero attached hydrogens (tertiary/aromatic N) is 2. The molecule has 0 radical (unpaired) electrons. The number of thiophene rings is 1. The first-order valence-electron chi connectivity index (χ1n) is 9.07. The van der Waals surface area contributed by atoms with Crippen LogP contribution in [-0.2, 0) is 17.6 Å². The maximum absolute atomic E-state index is 12.8. The van der Waals surface area contributed by atoms with Crippen LogP contribution in [0.2, 0.25) is 0 Å². The van der Waals surface area contributed by atoms with Crippen LogP contribution in [0.5, 0.6) is 0 Å². The third kappa shape index (κ3) is 5.70. The number of aromatic nitrogens is 2. The molecule has 0 saturated heterocycles. The van der Waals surface area contributed by atoms with Gasteiger partial charge >= 0.3 is 0 Å². The Kier molecular flexibility index (Phi) is 7.07. The highest BCUT2D eigenvalue weighted by Gasteiger charge is 2.22. The molecule has 3 aromatic rings. The van der Waals surface area contributed by atoms with Crippen molar-refractivity contribution in [2.45, 2.75) is 25.8 Å². The molecule has 3 heterocycles. The minimum Gasteiger partial charge on any atom is -0.354 e. The van der Waals surface area contributed by atoms with Crippen LogP contribution in [0.15, 0.2) is 60.5 Å². The van der Waals surface area contributed by atoms with Crippen molar-refractivity contribution in [3.8, 4) is 0 Å². The number of hydrogen-bond acceptors (Lipinski definition) is 5. The van der Waals surface area contributed by atoms with Crippen LogP contribution in [0.3, 0.4) is 0 Å². The number of aryl methyl sites for hydroxylation is 1. The lowest BCUT2D eigenvalue weighted by molar-refractivity contribution is -0.123. The molecule has 0 aliphatic carbocycles.